The molecule has 2 N–H and O–H groups in total. The maximum Gasteiger partial charge on any atom is 0.233 e. The molecule has 136 valence electrons. The molecule has 1 aliphatic rings. The molecular formula is C19H21N3OS3. The molecule has 0 aromatic carbocycles. The molecule has 1 fully saturated rings. The Labute approximate surface area is 165 Å². The molecule has 26 heavy (non-hydrogen) atoms. The number of nitrogens with zero attached hydrogens (tertiary/aromatic N) is 1. The average molecular weight is 404 g/mol. The minimum absolute atomic E-state index is 0.105. The number of hydrogen-bond acceptors (Lipinski definition) is 5. The smallest absolute Gasteiger partial charge is 0.233 e. The largest absolute Gasteiger partial charge is 0.352 e. The first kappa shape index (κ1) is 17.8. The zero-order chi connectivity index (χ0) is 17.9. The minimum atomic E-state index is -0.172. The highest BCUT2D eigenvalue weighted by Crippen LogP contribution is 2.37. The van der Waals surface area contributed by atoms with Crippen molar-refractivity contribution in [2.24, 2.45) is 0 Å². The summed E-state index contributed by atoms with van der Waals surface area (Å²) in [6.45, 7) is 1.95. The van der Waals surface area contributed by atoms with Gasteiger partial charge in [-0.2, -0.15) is 0 Å². The van der Waals surface area contributed by atoms with E-state index in [0.717, 1.165) is 39.1 Å². The molecule has 1 amide bonds. The maximum atomic E-state index is 12.5. The number of H-pyrrole nitrogens is 1. The summed E-state index contributed by atoms with van der Waals surface area (Å²) in [6.07, 6.45) is 4.65. The third-order valence-corrected chi connectivity index (χ3v) is 7.31. The van der Waals surface area contributed by atoms with Gasteiger partial charge in [0.15, 0.2) is 5.16 Å². The van der Waals surface area contributed by atoms with Gasteiger partial charge in [-0.25, -0.2) is 4.98 Å². The summed E-state index contributed by atoms with van der Waals surface area (Å²) < 4.78 is 0. The second-order valence-corrected chi connectivity index (χ2v) is 9.70. The number of thioether (sulfide) groups is 1. The van der Waals surface area contributed by atoms with Crippen LogP contribution in [0.3, 0.4) is 0 Å². The van der Waals surface area contributed by atoms with E-state index in [1.807, 2.05) is 19.1 Å². The van der Waals surface area contributed by atoms with Gasteiger partial charge in [0, 0.05) is 6.04 Å². The Morgan fingerprint density at radius 2 is 1.92 bits per heavy atom. The number of hydrogen-bond donors (Lipinski definition) is 2. The summed E-state index contributed by atoms with van der Waals surface area (Å²) in [6, 6.07) is 8.62. The van der Waals surface area contributed by atoms with Crippen LogP contribution in [0.15, 0.2) is 40.2 Å². The normalized spacial score (nSPS) is 16.0. The topological polar surface area (TPSA) is 57.8 Å². The minimum Gasteiger partial charge on any atom is -0.352 e. The lowest BCUT2D eigenvalue weighted by molar-refractivity contribution is -0.120. The van der Waals surface area contributed by atoms with E-state index in [1.54, 1.807) is 22.7 Å². The third kappa shape index (κ3) is 3.89. The fourth-order valence-electron chi connectivity index (χ4n) is 3.21. The van der Waals surface area contributed by atoms with Crippen molar-refractivity contribution in [3.63, 3.8) is 0 Å². The molecule has 0 spiro atoms. The molecule has 7 heteroatoms. The molecule has 1 unspecified atom stereocenters. The van der Waals surface area contributed by atoms with Crippen molar-refractivity contribution in [1.82, 2.24) is 15.3 Å². The number of carbonyl (C=O) groups excluding carboxylic acids is 1. The monoisotopic (exact) mass is 403 g/mol. The molecule has 4 rings (SSSR count). The molecule has 0 radical (unpaired) electrons. The van der Waals surface area contributed by atoms with Crippen LogP contribution in [-0.4, -0.2) is 27.2 Å². The fraction of sp³-hybridized carbons (Fsp3) is 0.368. The predicted octanol–water partition coefficient (Wildman–Crippen LogP) is 5.41. The van der Waals surface area contributed by atoms with Crippen molar-refractivity contribution in [2.45, 2.75) is 49.1 Å². The molecule has 1 aliphatic carbocycles. The molecule has 1 saturated carbocycles. The zero-order valence-corrected chi connectivity index (χ0v) is 17.0. The summed E-state index contributed by atoms with van der Waals surface area (Å²) in [5.41, 5.74) is 2.00. The van der Waals surface area contributed by atoms with Crippen molar-refractivity contribution in [1.29, 1.82) is 0 Å². The maximum absolute atomic E-state index is 12.5. The van der Waals surface area contributed by atoms with E-state index in [2.05, 4.69) is 33.2 Å². The van der Waals surface area contributed by atoms with E-state index >= 15 is 0 Å². The SMILES string of the molecule is CC(Sc1nc(-c2cccs2)c(-c2cccs2)[nH]1)C(=O)NC1CCCC1. The van der Waals surface area contributed by atoms with Gasteiger partial charge in [0.05, 0.1) is 20.7 Å². The molecule has 3 aromatic rings. The van der Waals surface area contributed by atoms with Gasteiger partial charge >= 0.3 is 0 Å². The highest BCUT2D eigenvalue weighted by Gasteiger charge is 2.23. The van der Waals surface area contributed by atoms with Gasteiger partial charge < -0.3 is 10.3 Å². The average Bonchev–Trinajstić information content (AvgIpc) is 3.40. The van der Waals surface area contributed by atoms with Gasteiger partial charge in [0.25, 0.3) is 0 Å². The number of aromatic nitrogens is 2. The van der Waals surface area contributed by atoms with E-state index in [4.69, 9.17) is 4.98 Å². The first-order valence-corrected chi connectivity index (χ1v) is 11.5. The van der Waals surface area contributed by atoms with E-state index in [1.165, 1.54) is 24.6 Å². The Hall–Kier alpha value is -1.57. The second-order valence-electron chi connectivity index (χ2n) is 6.47. The Bertz CT molecular complexity index is 797. The predicted molar refractivity (Wildman–Crippen MR) is 111 cm³/mol. The van der Waals surface area contributed by atoms with E-state index in [0.29, 0.717) is 6.04 Å². The highest BCUT2D eigenvalue weighted by atomic mass is 32.2. The lowest BCUT2D eigenvalue weighted by atomic mass is 10.2. The number of aromatic amines is 1. The van der Waals surface area contributed by atoms with Crippen molar-refractivity contribution >= 4 is 40.3 Å². The van der Waals surface area contributed by atoms with Crippen molar-refractivity contribution in [3.8, 4) is 21.1 Å². The Morgan fingerprint density at radius 1 is 1.23 bits per heavy atom. The van der Waals surface area contributed by atoms with Crippen LogP contribution in [0.4, 0.5) is 0 Å². The molecule has 1 atom stereocenters. The van der Waals surface area contributed by atoms with Gasteiger partial charge in [0.1, 0.15) is 5.69 Å². The van der Waals surface area contributed by atoms with Gasteiger partial charge in [-0.05, 0) is 42.7 Å². The standard InChI is InChI=1S/C19H21N3OS3/c1-12(18(23)20-13-6-2-3-7-13)26-19-21-16(14-8-4-10-24-14)17(22-19)15-9-5-11-25-15/h4-5,8-13H,2-3,6-7H2,1H3,(H,20,23)(H,21,22). The van der Waals surface area contributed by atoms with Gasteiger partial charge in [-0.3, -0.25) is 4.79 Å². The zero-order valence-electron chi connectivity index (χ0n) is 14.5. The molecule has 3 heterocycles. The first-order valence-electron chi connectivity index (χ1n) is 8.85. The molecule has 3 aromatic heterocycles. The van der Waals surface area contributed by atoms with Crippen LogP contribution in [0.2, 0.25) is 0 Å². The third-order valence-electron chi connectivity index (χ3n) is 4.56. The van der Waals surface area contributed by atoms with Crippen LogP contribution in [0, 0.1) is 0 Å². The Balaban J connectivity index is 1.53. The molecular weight excluding hydrogens is 382 g/mol. The van der Waals surface area contributed by atoms with E-state index in [-0.39, 0.29) is 11.2 Å². The highest BCUT2D eigenvalue weighted by molar-refractivity contribution is 8.00. The summed E-state index contributed by atoms with van der Waals surface area (Å²) in [4.78, 5) is 23.0. The van der Waals surface area contributed by atoms with Crippen LogP contribution in [0.1, 0.15) is 32.6 Å². The van der Waals surface area contributed by atoms with Crippen LogP contribution in [-0.2, 0) is 4.79 Å². The fourth-order valence-corrected chi connectivity index (χ4v) is 5.47. The van der Waals surface area contributed by atoms with Crippen molar-refractivity contribution < 1.29 is 4.79 Å². The lowest BCUT2D eigenvalue weighted by Gasteiger charge is -2.15. The van der Waals surface area contributed by atoms with Gasteiger partial charge in [-0.1, -0.05) is 36.7 Å². The second kappa shape index (κ2) is 7.98. The van der Waals surface area contributed by atoms with Gasteiger partial charge in [0.2, 0.25) is 5.91 Å². The molecule has 0 aliphatic heterocycles. The Kier molecular flexibility index (Phi) is 5.47. The van der Waals surface area contributed by atoms with Gasteiger partial charge in [-0.15, -0.1) is 22.7 Å². The number of rotatable bonds is 6. The number of carbonyl (C=O) groups is 1. The first-order chi connectivity index (χ1) is 12.7. The summed E-state index contributed by atoms with van der Waals surface area (Å²) in [5, 5.41) is 7.93. The summed E-state index contributed by atoms with van der Waals surface area (Å²) in [5.74, 6) is 0.105. The van der Waals surface area contributed by atoms with Crippen LogP contribution >= 0.6 is 34.4 Å². The van der Waals surface area contributed by atoms with Crippen LogP contribution in [0.25, 0.3) is 21.1 Å². The molecule has 0 saturated heterocycles. The van der Waals surface area contributed by atoms with Crippen LogP contribution < -0.4 is 5.32 Å². The summed E-state index contributed by atoms with van der Waals surface area (Å²) >= 11 is 4.87. The Morgan fingerprint density at radius 3 is 2.58 bits per heavy atom. The number of thiophene rings is 2. The van der Waals surface area contributed by atoms with E-state index < -0.39 is 0 Å². The number of amides is 1. The molecule has 4 nitrogen and oxygen atoms in total. The quantitative estimate of drug-likeness (QED) is 0.541. The van der Waals surface area contributed by atoms with Crippen LogP contribution in [0.5, 0.6) is 0 Å². The number of nitrogens with one attached hydrogen (secondary N) is 2. The van der Waals surface area contributed by atoms with Crippen molar-refractivity contribution in [3.05, 3.63) is 35.0 Å². The lowest BCUT2D eigenvalue weighted by Crippen LogP contribution is -2.37. The molecule has 0 bridgehead atoms. The number of imidazole rings is 1. The van der Waals surface area contributed by atoms with Crippen molar-refractivity contribution in [2.75, 3.05) is 0 Å². The summed E-state index contributed by atoms with van der Waals surface area (Å²) in [7, 11) is 0. The van der Waals surface area contributed by atoms with E-state index in [9.17, 15) is 4.79 Å².